The number of carbonyl (C=O) groups excluding carboxylic acids is 2. The van der Waals surface area contributed by atoms with Gasteiger partial charge in [-0.05, 0) is 73.9 Å². The molecular formula is C23H19ClN2O3. The SMILES string of the molecule is Cc1ccc(N2NC(=O)/C(=C\c3ccc(-c4ccc(C)c(Cl)c4)o3)C2=O)cc1C. The molecule has 4 rings (SSSR count). The summed E-state index contributed by atoms with van der Waals surface area (Å²) in [6.07, 6.45) is 1.46. The standard InChI is InChI=1S/C23H19ClN2O3/c1-13-5-7-17(10-15(13)3)26-23(28)19(22(27)25-26)12-18-8-9-21(29-18)16-6-4-14(2)20(24)11-16/h4-12H,1-3H3,(H,25,27)/b19-12+. The van der Waals surface area contributed by atoms with Crippen molar-refractivity contribution in [1.29, 1.82) is 0 Å². The molecule has 1 fully saturated rings. The Morgan fingerprint density at radius 3 is 2.41 bits per heavy atom. The van der Waals surface area contributed by atoms with Crippen molar-refractivity contribution < 1.29 is 14.0 Å². The molecule has 5 nitrogen and oxygen atoms in total. The first-order valence-corrected chi connectivity index (χ1v) is 9.52. The Bertz CT molecular complexity index is 1180. The lowest BCUT2D eigenvalue weighted by Gasteiger charge is -2.15. The molecule has 0 atom stereocenters. The zero-order chi connectivity index (χ0) is 20.7. The second-order valence-corrected chi connectivity index (χ2v) is 7.48. The highest BCUT2D eigenvalue weighted by Crippen LogP contribution is 2.29. The number of aryl methyl sites for hydroxylation is 3. The molecule has 1 N–H and O–H groups in total. The normalized spacial score (nSPS) is 15.3. The second-order valence-electron chi connectivity index (χ2n) is 7.07. The number of hydrogen-bond donors (Lipinski definition) is 1. The molecule has 146 valence electrons. The lowest BCUT2D eigenvalue weighted by molar-refractivity contribution is -0.117. The molecule has 29 heavy (non-hydrogen) atoms. The molecule has 0 aliphatic carbocycles. The number of benzene rings is 2. The summed E-state index contributed by atoms with van der Waals surface area (Å²) in [6, 6.07) is 14.7. The summed E-state index contributed by atoms with van der Waals surface area (Å²) in [7, 11) is 0. The van der Waals surface area contributed by atoms with Gasteiger partial charge in [-0.15, -0.1) is 0 Å². The number of furan rings is 1. The third-order valence-electron chi connectivity index (χ3n) is 5.01. The molecule has 2 heterocycles. The van der Waals surface area contributed by atoms with Crippen LogP contribution in [0, 0.1) is 20.8 Å². The highest BCUT2D eigenvalue weighted by atomic mass is 35.5. The molecule has 1 aliphatic rings. The van der Waals surface area contributed by atoms with Gasteiger partial charge in [-0.25, -0.2) is 5.01 Å². The number of rotatable bonds is 3. The number of nitrogens with one attached hydrogen (secondary N) is 1. The van der Waals surface area contributed by atoms with Gasteiger partial charge in [0.1, 0.15) is 17.1 Å². The van der Waals surface area contributed by atoms with Crippen LogP contribution in [0.4, 0.5) is 5.69 Å². The molecule has 2 aromatic carbocycles. The largest absolute Gasteiger partial charge is 0.457 e. The van der Waals surface area contributed by atoms with Crippen molar-refractivity contribution >= 4 is 35.2 Å². The molecular weight excluding hydrogens is 388 g/mol. The van der Waals surface area contributed by atoms with Crippen LogP contribution in [-0.2, 0) is 9.59 Å². The van der Waals surface area contributed by atoms with Crippen molar-refractivity contribution in [3.63, 3.8) is 0 Å². The summed E-state index contributed by atoms with van der Waals surface area (Å²) in [5.74, 6) is 0.131. The second kappa shape index (κ2) is 7.26. The third kappa shape index (κ3) is 3.57. The van der Waals surface area contributed by atoms with Crippen LogP contribution in [0.5, 0.6) is 0 Å². The van der Waals surface area contributed by atoms with E-state index in [4.69, 9.17) is 16.0 Å². The van der Waals surface area contributed by atoms with Gasteiger partial charge >= 0.3 is 0 Å². The highest BCUT2D eigenvalue weighted by molar-refractivity contribution is 6.32. The van der Waals surface area contributed by atoms with E-state index in [2.05, 4.69) is 5.43 Å². The maximum atomic E-state index is 12.8. The highest BCUT2D eigenvalue weighted by Gasteiger charge is 2.34. The number of amides is 2. The molecule has 0 spiro atoms. The molecule has 0 unspecified atom stereocenters. The molecule has 3 aromatic rings. The Kier molecular flexibility index (Phi) is 4.76. The first kappa shape index (κ1) is 19.0. The first-order valence-electron chi connectivity index (χ1n) is 9.14. The number of halogens is 1. The molecule has 0 bridgehead atoms. The van der Waals surface area contributed by atoms with Crippen molar-refractivity contribution in [3.8, 4) is 11.3 Å². The van der Waals surface area contributed by atoms with Crippen LogP contribution in [0.2, 0.25) is 5.02 Å². The van der Waals surface area contributed by atoms with E-state index in [0.717, 1.165) is 22.3 Å². The molecule has 1 aliphatic heterocycles. The zero-order valence-corrected chi connectivity index (χ0v) is 17.0. The summed E-state index contributed by atoms with van der Waals surface area (Å²) in [6.45, 7) is 5.87. The first-order chi connectivity index (χ1) is 13.8. The molecule has 0 radical (unpaired) electrons. The molecule has 1 aromatic heterocycles. The van der Waals surface area contributed by atoms with Crippen molar-refractivity contribution in [2.45, 2.75) is 20.8 Å². The van der Waals surface area contributed by atoms with Crippen molar-refractivity contribution in [2.24, 2.45) is 0 Å². The van der Waals surface area contributed by atoms with Gasteiger partial charge in [-0.3, -0.25) is 15.0 Å². The predicted octanol–water partition coefficient (Wildman–Crippen LogP) is 4.99. The van der Waals surface area contributed by atoms with E-state index < -0.39 is 11.8 Å². The summed E-state index contributed by atoms with van der Waals surface area (Å²) >= 11 is 6.18. The summed E-state index contributed by atoms with van der Waals surface area (Å²) in [5, 5.41) is 1.90. The van der Waals surface area contributed by atoms with Gasteiger partial charge in [-0.1, -0.05) is 29.8 Å². The maximum absolute atomic E-state index is 12.8. The Morgan fingerprint density at radius 2 is 1.69 bits per heavy atom. The van der Waals surface area contributed by atoms with Crippen LogP contribution < -0.4 is 10.4 Å². The topological polar surface area (TPSA) is 62.6 Å². The van der Waals surface area contributed by atoms with Gasteiger partial charge in [0.2, 0.25) is 0 Å². The van der Waals surface area contributed by atoms with Gasteiger partial charge in [0.05, 0.1) is 5.69 Å². The molecule has 0 saturated carbocycles. The van der Waals surface area contributed by atoms with E-state index in [1.807, 2.05) is 51.1 Å². The lowest BCUT2D eigenvalue weighted by atomic mass is 10.1. The van der Waals surface area contributed by atoms with Gasteiger partial charge in [-0.2, -0.15) is 0 Å². The summed E-state index contributed by atoms with van der Waals surface area (Å²) in [5.41, 5.74) is 7.19. The minimum atomic E-state index is -0.468. The molecule has 1 saturated heterocycles. The third-order valence-corrected chi connectivity index (χ3v) is 5.42. The Balaban J connectivity index is 1.62. The zero-order valence-electron chi connectivity index (χ0n) is 16.2. The van der Waals surface area contributed by atoms with Gasteiger partial charge in [0, 0.05) is 10.6 Å². The van der Waals surface area contributed by atoms with E-state index in [1.54, 1.807) is 18.2 Å². The van der Waals surface area contributed by atoms with E-state index >= 15 is 0 Å². The smallest absolute Gasteiger partial charge is 0.282 e. The van der Waals surface area contributed by atoms with Crippen molar-refractivity contribution in [3.05, 3.63) is 81.6 Å². The fourth-order valence-electron chi connectivity index (χ4n) is 3.08. The maximum Gasteiger partial charge on any atom is 0.282 e. The number of anilines is 1. The number of nitrogens with zero attached hydrogens (tertiary/aromatic N) is 1. The quantitative estimate of drug-likeness (QED) is 0.492. The summed E-state index contributed by atoms with van der Waals surface area (Å²) in [4.78, 5) is 25.2. The van der Waals surface area contributed by atoms with E-state index in [0.29, 0.717) is 22.2 Å². The molecule has 2 amide bonds. The van der Waals surface area contributed by atoms with Crippen LogP contribution in [0.1, 0.15) is 22.5 Å². The van der Waals surface area contributed by atoms with E-state index in [9.17, 15) is 9.59 Å². The molecule has 6 heteroatoms. The Morgan fingerprint density at radius 1 is 0.931 bits per heavy atom. The van der Waals surface area contributed by atoms with Crippen LogP contribution in [0.15, 0.2) is 58.5 Å². The Labute approximate surface area is 173 Å². The fraction of sp³-hybridized carbons (Fsp3) is 0.130. The van der Waals surface area contributed by atoms with E-state index in [-0.39, 0.29) is 5.57 Å². The van der Waals surface area contributed by atoms with Crippen LogP contribution in [0.3, 0.4) is 0 Å². The van der Waals surface area contributed by atoms with Crippen molar-refractivity contribution in [1.82, 2.24) is 5.43 Å². The van der Waals surface area contributed by atoms with Gasteiger partial charge in [0.15, 0.2) is 0 Å². The van der Waals surface area contributed by atoms with Gasteiger partial charge < -0.3 is 4.42 Å². The van der Waals surface area contributed by atoms with Crippen LogP contribution >= 0.6 is 11.6 Å². The van der Waals surface area contributed by atoms with Gasteiger partial charge in [0.25, 0.3) is 11.8 Å². The number of hydrazine groups is 1. The fourth-order valence-corrected chi connectivity index (χ4v) is 3.26. The predicted molar refractivity (Wildman–Crippen MR) is 113 cm³/mol. The van der Waals surface area contributed by atoms with Crippen molar-refractivity contribution in [2.75, 3.05) is 5.01 Å². The average molecular weight is 407 g/mol. The van der Waals surface area contributed by atoms with Crippen LogP contribution in [0.25, 0.3) is 17.4 Å². The monoisotopic (exact) mass is 406 g/mol. The average Bonchev–Trinajstić information content (AvgIpc) is 3.26. The van der Waals surface area contributed by atoms with Crippen LogP contribution in [-0.4, -0.2) is 11.8 Å². The summed E-state index contributed by atoms with van der Waals surface area (Å²) < 4.78 is 5.81. The number of carbonyl (C=O) groups is 2. The Hall–Kier alpha value is -3.31. The minimum absolute atomic E-state index is 0.0195. The minimum Gasteiger partial charge on any atom is -0.457 e. The lowest BCUT2D eigenvalue weighted by Crippen LogP contribution is -2.35. The number of hydrogen-bond acceptors (Lipinski definition) is 3. The van der Waals surface area contributed by atoms with E-state index in [1.165, 1.54) is 11.1 Å².